The molecule has 0 aromatic heterocycles. The predicted molar refractivity (Wildman–Crippen MR) is 71.7 cm³/mol. The Morgan fingerprint density at radius 2 is 2.24 bits per heavy atom. The van der Waals surface area contributed by atoms with E-state index in [-0.39, 0.29) is 6.04 Å². The van der Waals surface area contributed by atoms with Crippen molar-refractivity contribution in [3.8, 4) is 0 Å². The van der Waals surface area contributed by atoms with E-state index in [2.05, 4.69) is 11.4 Å². The molecule has 0 saturated carbocycles. The van der Waals surface area contributed by atoms with Crippen LogP contribution in [0.5, 0.6) is 0 Å². The molecule has 1 aliphatic heterocycles. The molecule has 1 unspecified atom stereocenters. The summed E-state index contributed by atoms with van der Waals surface area (Å²) in [6.07, 6.45) is 3.92. The number of rotatable bonds is 4. The number of halogens is 2. The topological polar surface area (TPSA) is 21.3 Å². The SMILES string of the molecule is CNC(Cc1ccc(Cl)cc1Cl)C1=CCCO1. The van der Waals surface area contributed by atoms with E-state index >= 15 is 0 Å². The molecule has 1 aliphatic rings. The van der Waals surface area contributed by atoms with Crippen molar-refractivity contribution in [2.75, 3.05) is 13.7 Å². The highest BCUT2D eigenvalue weighted by atomic mass is 35.5. The third kappa shape index (κ3) is 3.15. The van der Waals surface area contributed by atoms with Gasteiger partial charge in [-0.3, -0.25) is 0 Å². The zero-order valence-electron chi connectivity index (χ0n) is 9.67. The van der Waals surface area contributed by atoms with Gasteiger partial charge in [-0.1, -0.05) is 29.3 Å². The van der Waals surface area contributed by atoms with E-state index in [4.69, 9.17) is 27.9 Å². The standard InChI is InChI=1S/C13H15Cl2NO/c1-16-12(13-3-2-6-17-13)7-9-4-5-10(14)8-11(9)15/h3-5,8,12,16H,2,6-7H2,1H3. The van der Waals surface area contributed by atoms with Gasteiger partial charge in [-0.05, 0) is 37.2 Å². The van der Waals surface area contributed by atoms with Crippen LogP contribution in [0, 0.1) is 0 Å². The van der Waals surface area contributed by atoms with Crippen molar-refractivity contribution in [3.63, 3.8) is 0 Å². The summed E-state index contributed by atoms with van der Waals surface area (Å²) >= 11 is 12.0. The number of likely N-dealkylation sites (N-methyl/N-ethyl adjacent to an activating group) is 1. The van der Waals surface area contributed by atoms with Gasteiger partial charge in [0.05, 0.1) is 12.6 Å². The van der Waals surface area contributed by atoms with Gasteiger partial charge in [0, 0.05) is 16.5 Å². The molecule has 1 aromatic carbocycles. The quantitative estimate of drug-likeness (QED) is 0.906. The Morgan fingerprint density at radius 3 is 2.82 bits per heavy atom. The van der Waals surface area contributed by atoms with Crippen LogP contribution < -0.4 is 5.32 Å². The summed E-state index contributed by atoms with van der Waals surface area (Å²) in [5.41, 5.74) is 1.08. The van der Waals surface area contributed by atoms with Crippen molar-refractivity contribution in [2.24, 2.45) is 0 Å². The van der Waals surface area contributed by atoms with Crippen molar-refractivity contribution >= 4 is 23.2 Å². The second-order valence-electron chi connectivity index (χ2n) is 4.02. The minimum absolute atomic E-state index is 0.177. The zero-order chi connectivity index (χ0) is 12.3. The van der Waals surface area contributed by atoms with Crippen LogP contribution in [-0.2, 0) is 11.2 Å². The first kappa shape index (κ1) is 12.7. The Labute approximate surface area is 112 Å². The average Bonchev–Trinajstić information content (AvgIpc) is 2.81. The van der Waals surface area contributed by atoms with Gasteiger partial charge in [0.25, 0.3) is 0 Å². The second kappa shape index (κ2) is 5.76. The molecule has 17 heavy (non-hydrogen) atoms. The molecule has 0 bridgehead atoms. The molecular weight excluding hydrogens is 257 g/mol. The van der Waals surface area contributed by atoms with Gasteiger partial charge < -0.3 is 10.1 Å². The molecule has 1 atom stereocenters. The predicted octanol–water partition coefficient (Wildman–Crippen LogP) is 3.43. The van der Waals surface area contributed by atoms with Crippen molar-refractivity contribution in [3.05, 3.63) is 45.6 Å². The first-order chi connectivity index (χ1) is 8.20. The normalized spacial score (nSPS) is 16.5. The lowest BCUT2D eigenvalue weighted by atomic mass is 10.0. The van der Waals surface area contributed by atoms with Gasteiger partial charge in [0.15, 0.2) is 0 Å². The van der Waals surface area contributed by atoms with E-state index in [1.165, 1.54) is 0 Å². The highest BCUT2D eigenvalue weighted by Gasteiger charge is 2.18. The van der Waals surface area contributed by atoms with Gasteiger partial charge in [0.1, 0.15) is 5.76 Å². The lowest BCUT2D eigenvalue weighted by Gasteiger charge is -2.18. The lowest BCUT2D eigenvalue weighted by molar-refractivity contribution is 0.217. The van der Waals surface area contributed by atoms with Crippen LogP contribution in [0.4, 0.5) is 0 Å². The average molecular weight is 272 g/mol. The van der Waals surface area contributed by atoms with Crippen molar-refractivity contribution in [1.29, 1.82) is 0 Å². The fraction of sp³-hybridized carbons (Fsp3) is 0.385. The summed E-state index contributed by atoms with van der Waals surface area (Å²) < 4.78 is 5.57. The maximum Gasteiger partial charge on any atom is 0.109 e. The van der Waals surface area contributed by atoms with Crippen LogP contribution >= 0.6 is 23.2 Å². The molecule has 0 amide bonds. The molecule has 4 heteroatoms. The van der Waals surface area contributed by atoms with Crippen molar-refractivity contribution in [2.45, 2.75) is 18.9 Å². The number of nitrogens with one attached hydrogen (secondary N) is 1. The molecule has 1 N–H and O–H groups in total. The van der Waals surface area contributed by atoms with Gasteiger partial charge in [0.2, 0.25) is 0 Å². The second-order valence-corrected chi connectivity index (χ2v) is 4.87. The third-order valence-corrected chi connectivity index (χ3v) is 3.45. The summed E-state index contributed by atoms with van der Waals surface area (Å²) in [7, 11) is 1.93. The minimum Gasteiger partial charge on any atom is -0.496 e. The summed E-state index contributed by atoms with van der Waals surface area (Å²) in [5, 5.41) is 4.62. The van der Waals surface area contributed by atoms with Crippen molar-refractivity contribution < 1.29 is 4.74 Å². The molecular formula is C13H15Cl2NO. The monoisotopic (exact) mass is 271 g/mol. The fourth-order valence-electron chi connectivity index (χ4n) is 1.93. The van der Waals surface area contributed by atoms with Crippen LogP contribution in [0.15, 0.2) is 30.0 Å². The Hall–Kier alpha value is -0.700. The maximum atomic E-state index is 6.16. The molecule has 0 radical (unpaired) electrons. The number of ether oxygens (including phenoxy) is 1. The first-order valence-electron chi connectivity index (χ1n) is 5.64. The Bertz CT molecular complexity index is 431. The van der Waals surface area contributed by atoms with Crippen molar-refractivity contribution in [1.82, 2.24) is 5.32 Å². The van der Waals surface area contributed by atoms with Gasteiger partial charge in [-0.15, -0.1) is 0 Å². The molecule has 1 heterocycles. The molecule has 0 fully saturated rings. The van der Waals surface area contributed by atoms with Crippen LogP contribution in [0.2, 0.25) is 10.0 Å². The van der Waals surface area contributed by atoms with E-state index in [0.717, 1.165) is 30.8 Å². The molecule has 1 aromatic rings. The van der Waals surface area contributed by atoms with E-state index in [1.807, 2.05) is 19.2 Å². The van der Waals surface area contributed by atoms with Crippen LogP contribution in [-0.4, -0.2) is 19.7 Å². The highest BCUT2D eigenvalue weighted by molar-refractivity contribution is 6.35. The van der Waals surface area contributed by atoms with E-state index in [9.17, 15) is 0 Å². The summed E-state index contributed by atoms with van der Waals surface area (Å²) in [4.78, 5) is 0. The molecule has 2 nitrogen and oxygen atoms in total. The molecule has 0 aliphatic carbocycles. The molecule has 2 rings (SSSR count). The summed E-state index contributed by atoms with van der Waals surface area (Å²) in [6, 6.07) is 5.77. The van der Waals surface area contributed by atoms with Crippen LogP contribution in [0.1, 0.15) is 12.0 Å². The lowest BCUT2D eigenvalue weighted by Crippen LogP contribution is -2.30. The molecule has 92 valence electrons. The number of hydrogen-bond donors (Lipinski definition) is 1. The Morgan fingerprint density at radius 1 is 1.41 bits per heavy atom. The zero-order valence-corrected chi connectivity index (χ0v) is 11.2. The van der Waals surface area contributed by atoms with E-state index < -0.39 is 0 Å². The largest absolute Gasteiger partial charge is 0.496 e. The fourth-order valence-corrected chi connectivity index (χ4v) is 2.42. The Kier molecular flexibility index (Phi) is 4.32. The molecule has 0 saturated heterocycles. The maximum absolute atomic E-state index is 6.16. The van der Waals surface area contributed by atoms with Gasteiger partial charge in [-0.25, -0.2) is 0 Å². The summed E-state index contributed by atoms with van der Waals surface area (Å²) in [5.74, 6) is 1.01. The third-order valence-electron chi connectivity index (χ3n) is 2.86. The minimum atomic E-state index is 0.177. The number of benzene rings is 1. The van der Waals surface area contributed by atoms with Crippen LogP contribution in [0.25, 0.3) is 0 Å². The molecule has 0 spiro atoms. The van der Waals surface area contributed by atoms with Gasteiger partial charge >= 0.3 is 0 Å². The first-order valence-corrected chi connectivity index (χ1v) is 6.40. The number of hydrogen-bond acceptors (Lipinski definition) is 2. The highest BCUT2D eigenvalue weighted by Crippen LogP contribution is 2.24. The summed E-state index contributed by atoms with van der Waals surface area (Å²) in [6.45, 7) is 0.780. The Balaban J connectivity index is 2.12. The van der Waals surface area contributed by atoms with E-state index in [0.29, 0.717) is 10.0 Å². The van der Waals surface area contributed by atoms with Crippen LogP contribution in [0.3, 0.4) is 0 Å². The smallest absolute Gasteiger partial charge is 0.109 e. The van der Waals surface area contributed by atoms with E-state index in [1.54, 1.807) is 6.07 Å². The van der Waals surface area contributed by atoms with Gasteiger partial charge in [-0.2, -0.15) is 0 Å².